The average Bonchev–Trinajstić information content (AvgIpc) is 2.39. The Morgan fingerprint density at radius 1 is 1.42 bits per heavy atom. The molecule has 19 heavy (non-hydrogen) atoms. The molecule has 2 aromatic rings. The summed E-state index contributed by atoms with van der Waals surface area (Å²) in [4.78, 5) is 22.8. The Bertz CT molecular complexity index is 700. The molecule has 0 spiro atoms. The minimum Gasteiger partial charge on any atom is -0.464 e. The summed E-state index contributed by atoms with van der Waals surface area (Å²) >= 11 is 5.64. The molecule has 0 saturated heterocycles. The summed E-state index contributed by atoms with van der Waals surface area (Å²) in [6.45, 7) is 0. The highest BCUT2D eigenvalue weighted by molar-refractivity contribution is 6.30. The van der Waals surface area contributed by atoms with Crippen molar-refractivity contribution in [1.82, 2.24) is 9.78 Å². The van der Waals surface area contributed by atoms with Gasteiger partial charge in [0.05, 0.1) is 7.11 Å². The minimum absolute atomic E-state index is 0.0644. The van der Waals surface area contributed by atoms with Gasteiger partial charge >= 0.3 is 5.97 Å². The van der Waals surface area contributed by atoms with Gasteiger partial charge < -0.3 is 4.74 Å². The van der Waals surface area contributed by atoms with Crippen LogP contribution in [0.25, 0.3) is 5.69 Å². The van der Waals surface area contributed by atoms with E-state index in [-0.39, 0.29) is 10.7 Å². The zero-order valence-corrected chi connectivity index (χ0v) is 10.5. The molecular formula is C12H8ClFN2O3. The molecule has 0 aliphatic carbocycles. The molecule has 0 aliphatic rings. The number of nitrogens with zero attached hydrogens (tertiary/aromatic N) is 2. The number of ether oxygens (including phenoxy) is 1. The van der Waals surface area contributed by atoms with E-state index in [4.69, 9.17) is 11.6 Å². The first-order valence-electron chi connectivity index (χ1n) is 5.16. The zero-order valence-electron chi connectivity index (χ0n) is 9.76. The largest absolute Gasteiger partial charge is 0.464 e. The molecule has 1 aromatic carbocycles. The number of carbonyl (C=O) groups is 1. The molecule has 0 radical (unpaired) electrons. The van der Waals surface area contributed by atoms with Gasteiger partial charge in [-0.15, -0.1) is 0 Å². The first-order chi connectivity index (χ1) is 9.02. The number of carbonyl (C=O) groups excluding carboxylic acids is 1. The van der Waals surface area contributed by atoms with Crippen LogP contribution in [0.5, 0.6) is 0 Å². The number of rotatable bonds is 2. The summed E-state index contributed by atoms with van der Waals surface area (Å²) in [6.07, 6.45) is 1.25. The number of esters is 1. The molecule has 0 aliphatic heterocycles. The van der Waals surface area contributed by atoms with Crippen molar-refractivity contribution in [3.05, 3.63) is 57.2 Å². The smallest absolute Gasteiger partial charge is 0.362 e. The zero-order chi connectivity index (χ0) is 14.0. The summed E-state index contributed by atoms with van der Waals surface area (Å²) in [5.74, 6) is -1.51. The third-order valence-corrected chi connectivity index (χ3v) is 2.58. The van der Waals surface area contributed by atoms with Crippen molar-refractivity contribution in [3.8, 4) is 5.69 Å². The molecule has 7 heteroatoms. The Labute approximate surface area is 112 Å². The van der Waals surface area contributed by atoms with Gasteiger partial charge in [-0.2, -0.15) is 5.10 Å². The van der Waals surface area contributed by atoms with Gasteiger partial charge in [-0.25, -0.2) is 13.9 Å². The van der Waals surface area contributed by atoms with Crippen LogP contribution in [-0.4, -0.2) is 22.9 Å². The molecule has 0 atom stereocenters. The standard InChI is InChI=1S/C12H8ClFN2O3/c1-19-12(18)11-10(17)4-5-16(15-11)9-3-2-7(13)6-8(9)14/h2-6H,1H3. The van der Waals surface area contributed by atoms with Crippen molar-refractivity contribution in [2.75, 3.05) is 7.11 Å². The van der Waals surface area contributed by atoms with E-state index in [0.29, 0.717) is 0 Å². The molecule has 2 rings (SSSR count). The van der Waals surface area contributed by atoms with Crippen molar-refractivity contribution in [2.24, 2.45) is 0 Å². The van der Waals surface area contributed by atoms with Crippen LogP contribution >= 0.6 is 11.6 Å². The lowest BCUT2D eigenvalue weighted by Crippen LogP contribution is -2.21. The van der Waals surface area contributed by atoms with Crippen molar-refractivity contribution in [2.45, 2.75) is 0 Å². The maximum Gasteiger partial charge on any atom is 0.362 e. The Hall–Kier alpha value is -2.21. The number of hydrogen-bond donors (Lipinski definition) is 0. The van der Waals surface area contributed by atoms with E-state index in [2.05, 4.69) is 9.84 Å². The minimum atomic E-state index is -0.881. The fraction of sp³-hybridized carbons (Fsp3) is 0.0833. The Balaban J connectivity index is 2.57. The number of aromatic nitrogens is 2. The molecule has 5 nitrogen and oxygen atoms in total. The maximum atomic E-state index is 13.7. The maximum absolute atomic E-state index is 13.7. The predicted octanol–water partition coefficient (Wildman–Crippen LogP) is 1.81. The summed E-state index contributed by atoms with van der Waals surface area (Å²) in [6, 6.07) is 5.07. The average molecular weight is 283 g/mol. The first kappa shape index (κ1) is 13.2. The predicted molar refractivity (Wildman–Crippen MR) is 66.1 cm³/mol. The van der Waals surface area contributed by atoms with Crippen LogP contribution < -0.4 is 5.43 Å². The second-order valence-corrected chi connectivity index (χ2v) is 4.00. The Morgan fingerprint density at radius 2 is 2.16 bits per heavy atom. The molecule has 0 N–H and O–H groups in total. The molecular weight excluding hydrogens is 275 g/mol. The van der Waals surface area contributed by atoms with Crippen LogP contribution in [0.1, 0.15) is 10.5 Å². The first-order valence-corrected chi connectivity index (χ1v) is 5.54. The molecule has 0 saturated carbocycles. The van der Waals surface area contributed by atoms with Crippen LogP contribution in [0.2, 0.25) is 5.02 Å². The highest BCUT2D eigenvalue weighted by Crippen LogP contribution is 2.17. The van der Waals surface area contributed by atoms with E-state index in [1.165, 1.54) is 18.3 Å². The van der Waals surface area contributed by atoms with Crippen LogP contribution in [0, 0.1) is 5.82 Å². The Kier molecular flexibility index (Phi) is 3.62. The fourth-order valence-electron chi connectivity index (χ4n) is 1.45. The van der Waals surface area contributed by atoms with Crippen LogP contribution in [0.4, 0.5) is 4.39 Å². The lowest BCUT2D eigenvalue weighted by atomic mass is 10.3. The van der Waals surface area contributed by atoms with Crippen molar-refractivity contribution >= 4 is 17.6 Å². The number of benzene rings is 1. The van der Waals surface area contributed by atoms with Gasteiger partial charge in [0.25, 0.3) is 0 Å². The third-order valence-electron chi connectivity index (χ3n) is 2.34. The fourth-order valence-corrected chi connectivity index (χ4v) is 1.61. The van der Waals surface area contributed by atoms with Crippen LogP contribution in [0.3, 0.4) is 0 Å². The molecule has 1 aromatic heterocycles. The highest BCUT2D eigenvalue weighted by Gasteiger charge is 2.14. The van der Waals surface area contributed by atoms with Gasteiger partial charge in [0.1, 0.15) is 11.5 Å². The number of hydrogen-bond acceptors (Lipinski definition) is 4. The second-order valence-electron chi connectivity index (χ2n) is 3.56. The van der Waals surface area contributed by atoms with Crippen molar-refractivity contribution in [3.63, 3.8) is 0 Å². The lowest BCUT2D eigenvalue weighted by molar-refractivity contribution is 0.0590. The van der Waals surface area contributed by atoms with Gasteiger partial charge in [-0.05, 0) is 18.2 Å². The quantitative estimate of drug-likeness (QED) is 0.788. The summed E-state index contributed by atoms with van der Waals surface area (Å²) < 4.78 is 19.2. The topological polar surface area (TPSA) is 61.2 Å². The molecule has 0 bridgehead atoms. The number of halogens is 2. The second kappa shape index (κ2) is 5.19. The molecule has 1 heterocycles. The lowest BCUT2D eigenvalue weighted by Gasteiger charge is -2.07. The van der Waals surface area contributed by atoms with Crippen molar-refractivity contribution in [1.29, 1.82) is 0 Å². The van der Waals surface area contributed by atoms with Gasteiger partial charge in [-0.1, -0.05) is 11.6 Å². The van der Waals surface area contributed by atoms with E-state index >= 15 is 0 Å². The van der Waals surface area contributed by atoms with E-state index in [9.17, 15) is 14.0 Å². The van der Waals surface area contributed by atoms with Gasteiger partial charge in [-0.3, -0.25) is 4.79 Å². The number of methoxy groups -OCH3 is 1. The van der Waals surface area contributed by atoms with Crippen LogP contribution in [0.15, 0.2) is 35.3 Å². The third kappa shape index (κ3) is 2.63. The van der Waals surface area contributed by atoms with Gasteiger partial charge in [0.15, 0.2) is 0 Å². The molecule has 0 fully saturated rings. The molecule has 98 valence electrons. The summed E-state index contributed by atoms with van der Waals surface area (Å²) in [7, 11) is 1.13. The van der Waals surface area contributed by atoms with E-state index in [1.807, 2.05) is 0 Å². The SMILES string of the molecule is COC(=O)c1nn(-c2ccc(Cl)cc2F)ccc1=O. The Morgan fingerprint density at radius 3 is 2.79 bits per heavy atom. The van der Waals surface area contributed by atoms with Gasteiger partial charge in [0, 0.05) is 17.3 Å². The summed E-state index contributed by atoms with van der Waals surface area (Å²) in [5, 5.41) is 3.98. The van der Waals surface area contributed by atoms with Crippen molar-refractivity contribution < 1.29 is 13.9 Å². The monoisotopic (exact) mass is 282 g/mol. The van der Waals surface area contributed by atoms with Crippen LogP contribution in [-0.2, 0) is 4.74 Å². The van der Waals surface area contributed by atoms with E-state index < -0.39 is 22.9 Å². The molecule has 0 amide bonds. The highest BCUT2D eigenvalue weighted by atomic mass is 35.5. The van der Waals surface area contributed by atoms with E-state index in [0.717, 1.165) is 23.9 Å². The summed E-state index contributed by atoms with van der Waals surface area (Å²) in [5.41, 5.74) is -0.952. The van der Waals surface area contributed by atoms with Gasteiger partial charge in [0.2, 0.25) is 11.1 Å². The normalized spacial score (nSPS) is 10.3. The van der Waals surface area contributed by atoms with E-state index in [1.54, 1.807) is 0 Å². The molecule has 0 unspecified atom stereocenters.